The van der Waals surface area contributed by atoms with E-state index in [1.165, 1.54) is 0 Å². The zero-order valence-corrected chi connectivity index (χ0v) is 9.53. The molecule has 1 aromatic carbocycles. The molecule has 0 aliphatic carbocycles. The largest absolute Gasteiger partial charge is 0.357 e. The molecular weight excluding hydrogens is 221 g/mol. The lowest BCUT2D eigenvalue weighted by Crippen LogP contribution is -2.05. The fourth-order valence-corrected chi connectivity index (χ4v) is 1.37. The van der Waals surface area contributed by atoms with Crippen LogP contribution in [0, 0.1) is 13.0 Å². The van der Waals surface area contributed by atoms with Crippen LogP contribution < -0.4 is 10.6 Å². The SMILES string of the molecule is CNc1nc(F)nc(Nc2cccc(C)c2)n1. The molecule has 0 unspecified atom stereocenters. The van der Waals surface area contributed by atoms with E-state index in [1.54, 1.807) is 7.05 Å². The van der Waals surface area contributed by atoms with E-state index in [-0.39, 0.29) is 11.9 Å². The molecule has 1 heterocycles. The van der Waals surface area contributed by atoms with Crippen molar-refractivity contribution in [3.8, 4) is 0 Å². The molecule has 88 valence electrons. The van der Waals surface area contributed by atoms with Gasteiger partial charge in [0.25, 0.3) is 0 Å². The molecule has 0 aliphatic rings. The maximum Gasteiger partial charge on any atom is 0.315 e. The quantitative estimate of drug-likeness (QED) is 0.850. The van der Waals surface area contributed by atoms with Crippen LogP contribution in [0.25, 0.3) is 0 Å². The summed E-state index contributed by atoms with van der Waals surface area (Å²) < 4.78 is 13.1. The second-order valence-corrected chi connectivity index (χ2v) is 3.50. The first-order valence-electron chi connectivity index (χ1n) is 5.10. The van der Waals surface area contributed by atoms with Crippen molar-refractivity contribution in [3.63, 3.8) is 0 Å². The highest BCUT2D eigenvalue weighted by Crippen LogP contribution is 2.14. The Morgan fingerprint density at radius 1 is 1.12 bits per heavy atom. The second-order valence-electron chi connectivity index (χ2n) is 3.50. The molecule has 1 aromatic heterocycles. The Balaban J connectivity index is 2.26. The molecule has 0 amide bonds. The van der Waals surface area contributed by atoms with Gasteiger partial charge in [0.2, 0.25) is 11.9 Å². The van der Waals surface area contributed by atoms with Gasteiger partial charge in [-0.25, -0.2) is 0 Å². The van der Waals surface area contributed by atoms with Crippen LogP contribution in [-0.2, 0) is 0 Å². The summed E-state index contributed by atoms with van der Waals surface area (Å²) in [7, 11) is 1.62. The first-order valence-corrected chi connectivity index (χ1v) is 5.10. The second kappa shape index (κ2) is 4.73. The van der Waals surface area contributed by atoms with E-state index in [0.29, 0.717) is 0 Å². The summed E-state index contributed by atoms with van der Waals surface area (Å²) >= 11 is 0. The van der Waals surface area contributed by atoms with Gasteiger partial charge in [0.05, 0.1) is 0 Å². The van der Waals surface area contributed by atoms with Gasteiger partial charge in [-0.1, -0.05) is 12.1 Å². The van der Waals surface area contributed by atoms with Gasteiger partial charge >= 0.3 is 6.08 Å². The molecule has 2 rings (SSSR count). The minimum atomic E-state index is -0.820. The fourth-order valence-electron chi connectivity index (χ4n) is 1.37. The average molecular weight is 233 g/mol. The predicted octanol–water partition coefficient (Wildman–Crippen LogP) is 2.10. The lowest BCUT2D eigenvalue weighted by molar-refractivity contribution is 0.537. The highest BCUT2D eigenvalue weighted by atomic mass is 19.1. The third-order valence-electron chi connectivity index (χ3n) is 2.11. The van der Waals surface area contributed by atoms with Gasteiger partial charge in [-0.3, -0.25) is 0 Å². The summed E-state index contributed by atoms with van der Waals surface area (Å²) in [6.07, 6.45) is -0.820. The molecule has 0 fully saturated rings. The molecule has 0 aliphatic heterocycles. The van der Waals surface area contributed by atoms with Crippen molar-refractivity contribution < 1.29 is 4.39 Å². The molecule has 0 spiro atoms. The minimum absolute atomic E-state index is 0.174. The number of nitrogens with zero attached hydrogens (tertiary/aromatic N) is 3. The third kappa shape index (κ3) is 2.87. The predicted molar refractivity (Wildman–Crippen MR) is 63.8 cm³/mol. The van der Waals surface area contributed by atoms with Gasteiger partial charge in [-0.15, -0.1) is 0 Å². The van der Waals surface area contributed by atoms with Crippen molar-refractivity contribution in [1.82, 2.24) is 15.0 Å². The summed E-state index contributed by atoms with van der Waals surface area (Å²) in [4.78, 5) is 11.0. The van der Waals surface area contributed by atoms with Gasteiger partial charge in [0.1, 0.15) is 0 Å². The number of hydrogen-bond acceptors (Lipinski definition) is 5. The molecule has 0 atom stereocenters. The molecule has 17 heavy (non-hydrogen) atoms. The van der Waals surface area contributed by atoms with Crippen molar-refractivity contribution in [1.29, 1.82) is 0 Å². The number of hydrogen-bond donors (Lipinski definition) is 2. The number of halogens is 1. The molecule has 0 saturated heterocycles. The van der Waals surface area contributed by atoms with Crippen LogP contribution in [0.4, 0.5) is 22.0 Å². The van der Waals surface area contributed by atoms with Crippen LogP contribution >= 0.6 is 0 Å². The Hall–Kier alpha value is -2.24. The maximum absolute atomic E-state index is 13.1. The maximum atomic E-state index is 13.1. The molecule has 0 radical (unpaired) electrons. The van der Waals surface area contributed by atoms with E-state index in [1.807, 2.05) is 31.2 Å². The number of aryl methyl sites for hydroxylation is 1. The van der Waals surface area contributed by atoms with E-state index in [2.05, 4.69) is 25.6 Å². The molecule has 6 heteroatoms. The summed E-state index contributed by atoms with van der Waals surface area (Å²) in [5.74, 6) is 0.361. The summed E-state index contributed by atoms with van der Waals surface area (Å²) in [6.45, 7) is 1.97. The van der Waals surface area contributed by atoms with E-state index in [9.17, 15) is 4.39 Å². The normalized spacial score (nSPS) is 10.1. The van der Waals surface area contributed by atoms with E-state index < -0.39 is 6.08 Å². The molecule has 5 nitrogen and oxygen atoms in total. The van der Waals surface area contributed by atoms with Crippen LogP contribution in [0.3, 0.4) is 0 Å². The standard InChI is InChI=1S/C11H12FN5/c1-7-4-3-5-8(6-7)14-11-16-9(12)15-10(13-2)17-11/h3-6H,1-2H3,(H2,13,14,15,16,17). The van der Waals surface area contributed by atoms with Crippen LogP contribution in [-0.4, -0.2) is 22.0 Å². The van der Waals surface area contributed by atoms with E-state index in [0.717, 1.165) is 11.3 Å². The number of nitrogens with one attached hydrogen (secondary N) is 2. The highest BCUT2D eigenvalue weighted by Gasteiger charge is 2.04. The first-order chi connectivity index (χ1) is 8.17. The van der Waals surface area contributed by atoms with Crippen molar-refractivity contribution in [2.24, 2.45) is 0 Å². The summed E-state index contributed by atoms with van der Waals surface area (Å²) in [5, 5.41) is 5.58. The topological polar surface area (TPSA) is 62.7 Å². The minimum Gasteiger partial charge on any atom is -0.357 e. The molecular formula is C11H12FN5. The Labute approximate surface area is 98.1 Å². The average Bonchev–Trinajstić information content (AvgIpc) is 2.28. The van der Waals surface area contributed by atoms with Crippen molar-refractivity contribution in [3.05, 3.63) is 35.9 Å². The van der Waals surface area contributed by atoms with Gasteiger partial charge in [-0.2, -0.15) is 19.3 Å². The van der Waals surface area contributed by atoms with Crippen molar-refractivity contribution in [2.75, 3.05) is 17.7 Å². The molecule has 2 aromatic rings. The summed E-state index contributed by atoms with van der Waals surface area (Å²) in [6, 6.07) is 7.64. The number of rotatable bonds is 3. The van der Waals surface area contributed by atoms with Gasteiger partial charge in [0.15, 0.2) is 0 Å². The monoisotopic (exact) mass is 233 g/mol. The lowest BCUT2D eigenvalue weighted by Gasteiger charge is -2.06. The number of anilines is 3. The number of benzene rings is 1. The smallest absolute Gasteiger partial charge is 0.315 e. The fraction of sp³-hybridized carbons (Fsp3) is 0.182. The van der Waals surface area contributed by atoms with Gasteiger partial charge in [-0.05, 0) is 24.6 Å². The van der Waals surface area contributed by atoms with Crippen LogP contribution in [0.15, 0.2) is 24.3 Å². The molecule has 0 bridgehead atoms. The Bertz CT molecular complexity index is 529. The number of aromatic nitrogens is 3. The Kier molecular flexibility index (Phi) is 3.13. The van der Waals surface area contributed by atoms with Crippen molar-refractivity contribution in [2.45, 2.75) is 6.92 Å². The Morgan fingerprint density at radius 2 is 1.88 bits per heavy atom. The van der Waals surface area contributed by atoms with Crippen LogP contribution in [0.1, 0.15) is 5.56 Å². The third-order valence-corrected chi connectivity index (χ3v) is 2.11. The highest BCUT2D eigenvalue weighted by molar-refractivity contribution is 5.54. The zero-order chi connectivity index (χ0) is 12.3. The van der Waals surface area contributed by atoms with Crippen LogP contribution in [0.5, 0.6) is 0 Å². The Morgan fingerprint density at radius 3 is 2.59 bits per heavy atom. The van der Waals surface area contributed by atoms with Gasteiger partial charge in [0, 0.05) is 12.7 Å². The van der Waals surface area contributed by atoms with Gasteiger partial charge < -0.3 is 10.6 Å². The molecule has 0 saturated carbocycles. The molecule has 2 N–H and O–H groups in total. The lowest BCUT2D eigenvalue weighted by atomic mass is 10.2. The summed E-state index contributed by atoms with van der Waals surface area (Å²) in [5.41, 5.74) is 1.90. The van der Waals surface area contributed by atoms with Crippen molar-refractivity contribution >= 4 is 17.6 Å². The van der Waals surface area contributed by atoms with E-state index in [4.69, 9.17) is 0 Å². The first kappa shape index (κ1) is 11.3. The van der Waals surface area contributed by atoms with Crippen LogP contribution in [0.2, 0.25) is 0 Å². The van der Waals surface area contributed by atoms with E-state index >= 15 is 0 Å². The zero-order valence-electron chi connectivity index (χ0n) is 9.53.